The van der Waals surface area contributed by atoms with Crippen molar-refractivity contribution in [1.29, 1.82) is 0 Å². The average molecular weight is 283 g/mol. The van der Waals surface area contributed by atoms with Crippen molar-refractivity contribution < 1.29 is 9.53 Å². The Bertz CT molecular complexity index is 314. The van der Waals surface area contributed by atoms with Crippen molar-refractivity contribution in [3.63, 3.8) is 0 Å². The molecule has 20 heavy (non-hydrogen) atoms. The standard InChI is InChI=1S/C15H29N3O2/c1-15(2,3)20-14(19)18-10-6-13(7-11-18)17-12-4-8-16-9-5-12/h12-13,16-17H,4-11H2,1-3H3. The van der Waals surface area contributed by atoms with Gasteiger partial charge in [0.25, 0.3) is 0 Å². The van der Waals surface area contributed by atoms with Crippen molar-refractivity contribution in [3.8, 4) is 0 Å². The van der Waals surface area contributed by atoms with Gasteiger partial charge in [0.2, 0.25) is 0 Å². The predicted molar refractivity (Wildman–Crippen MR) is 79.9 cm³/mol. The molecule has 0 atom stereocenters. The first-order chi connectivity index (χ1) is 9.44. The fourth-order valence-electron chi connectivity index (χ4n) is 2.88. The summed E-state index contributed by atoms with van der Waals surface area (Å²) < 4.78 is 5.42. The second-order valence-electron chi connectivity index (χ2n) is 6.93. The van der Waals surface area contributed by atoms with Crippen LogP contribution in [0.15, 0.2) is 0 Å². The summed E-state index contributed by atoms with van der Waals surface area (Å²) in [5, 5.41) is 7.13. The maximum atomic E-state index is 12.0. The zero-order valence-electron chi connectivity index (χ0n) is 13.1. The van der Waals surface area contributed by atoms with E-state index in [-0.39, 0.29) is 6.09 Å². The molecular formula is C15H29N3O2. The normalized spacial score (nSPS) is 22.9. The number of ether oxygens (including phenoxy) is 1. The van der Waals surface area contributed by atoms with Crippen LogP contribution in [-0.4, -0.2) is 54.9 Å². The number of piperidine rings is 2. The van der Waals surface area contributed by atoms with Crippen molar-refractivity contribution in [2.75, 3.05) is 26.2 Å². The van der Waals surface area contributed by atoms with Crippen molar-refractivity contribution >= 4 is 6.09 Å². The highest BCUT2D eigenvalue weighted by molar-refractivity contribution is 5.68. The third-order valence-corrected chi connectivity index (χ3v) is 3.96. The van der Waals surface area contributed by atoms with Gasteiger partial charge in [-0.05, 0) is 59.5 Å². The zero-order chi connectivity index (χ0) is 14.6. The number of nitrogens with one attached hydrogen (secondary N) is 2. The molecule has 0 aromatic carbocycles. The van der Waals surface area contributed by atoms with Crippen LogP contribution < -0.4 is 10.6 Å². The second kappa shape index (κ2) is 6.76. The van der Waals surface area contributed by atoms with E-state index in [1.54, 1.807) is 0 Å². The molecule has 2 aliphatic rings. The molecule has 0 aliphatic carbocycles. The minimum absolute atomic E-state index is 0.169. The van der Waals surface area contributed by atoms with Crippen LogP contribution in [0.25, 0.3) is 0 Å². The average Bonchev–Trinajstić information content (AvgIpc) is 2.39. The quantitative estimate of drug-likeness (QED) is 0.810. The third kappa shape index (κ3) is 4.94. The lowest BCUT2D eigenvalue weighted by Gasteiger charge is -2.36. The summed E-state index contributed by atoms with van der Waals surface area (Å²) >= 11 is 0. The fraction of sp³-hybridized carbons (Fsp3) is 0.933. The molecule has 2 aliphatic heterocycles. The first kappa shape index (κ1) is 15.6. The Labute approximate surface area is 122 Å². The summed E-state index contributed by atoms with van der Waals surface area (Å²) in [7, 11) is 0. The first-order valence-electron chi connectivity index (χ1n) is 7.89. The van der Waals surface area contributed by atoms with Gasteiger partial charge in [-0.1, -0.05) is 0 Å². The van der Waals surface area contributed by atoms with E-state index in [2.05, 4.69) is 10.6 Å². The lowest BCUT2D eigenvalue weighted by molar-refractivity contribution is 0.0195. The molecule has 1 amide bonds. The number of hydrogen-bond acceptors (Lipinski definition) is 4. The monoisotopic (exact) mass is 283 g/mol. The van der Waals surface area contributed by atoms with Crippen LogP contribution in [0, 0.1) is 0 Å². The van der Waals surface area contributed by atoms with Gasteiger partial charge in [-0.25, -0.2) is 4.79 Å². The Morgan fingerprint density at radius 2 is 1.65 bits per heavy atom. The number of likely N-dealkylation sites (tertiary alicyclic amines) is 1. The minimum Gasteiger partial charge on any atom is -0.444 e. The van der Waals surface area contributed by atoms with Crippen LogP contribution in [0.4, 0.5) is 4.79 Å². The van der Waals surface area contributed by atoms with Crippen molar-refractivity contribution in [2.45, 2.75) is 64.1 Å². The second-order valence-corrected chi connectivity index (χ2v) is 6.93. The Morgan fingerprint density at radius 3 is 2.20 bits per heavy atom. The molecule has 0 radical (unpaired) electrons. The van der Waals surface area contributed by atoms with Gasteiger partial charge in [0.05, 0.1) is 0 Å². The molecule has 0 aromatic rings. The molecule has 5 nitrogen and oxygen atoms in total. The fourth-order valence-corrected chi connectivity index (χ4v) is 2.88. The molecule has 0 saturated carbocycles. The Balaban J connectivity index is 1.70. The summed E-state index contributed by atoms with van der Waals surface area (Å²) in [6, 6.07) is 1.20. The number of carbonyl (C=O) groups excluding carboxylic acids is 1. The van der Waals surface area contributed by atoms with Gasteiger partial charge in [-0.2, -0.15) is 0 Å². The van der Waals surface area contributed by atoms with Crippen LogP contribution in [0.5, 0.6) is 0 Å². The number of nitrogens with zero attached hydrogens (tertiary/aromatic N) is 1. The van der Waals surface area contributed by atoms with E-state index in [4.69, 9.17) is 4.74 Å². The summed E-state index contributed by atoms with van der Waals surface area (Å²) in [4.78, 5) is 13.8. The lowest BCUT2D eigenvalue weighted by Crippen LogP contribution is -2.50. The summed E-state index contributed by atoms with van der Waals surface area (Å²) in [6.45, 7) is 9.58. The van der Waals surface area contributed by atoms with Gasteiger partial charge in [-0.3, -0.25) is 0 Å². The van der Waals surface area contributed by atoms with Crippen LogP contribution >= 0.6 is 0 Å². The van der Waals surface area contributed by atoms with E-state index in [1.807, 2.05) is 25.7 Å². The molecule has 116 valence electrons. The summed E-state index contributed by atoms with van der Waals surface area (Å²) in [6.07, 6.45) is 4.32. The molecule has 2 rings (SSSR count). The highest BCUT2D eigenvalue weighted by Gasteiger charge is 2.27. The number of rotatable bonds is 2. The van der Waals surface area contributed by atoms with Gasteiger partial charge < -0.3 is 20.3 Å². The summed E-state index contributed by atoms with van der Waals surface area (Å²) in [5.74, 6) is 0. The third-order valence-electron chi connectivity index (χ3n) is 3.96. The van der Waals surface area contributed by atoms with Crippen molar-refractivity contribution in [3.05, 3.63) is 0 Å². The molecule has 0 aromatic heterocycles. The Morgan fingerprint density at radius 1 is 1.10 bits per heavy atom. The molecule has 2 saturated heterocycles. The molecule has 5 heteroatoms. The molecule has 2 N–H and O–H groups in total. The molecule has 2 heterocycles. The van der Waals surface area contributed by atoms with Gasteiger partial charge >= 0.3 is 6.09 Å². The van der Waals surface area contributed by atoms with E-state index < -0.39 is 5.60 Å². The highest BCUT2D eigenvalue weighted by atomic mass is 16.6. The number of hydrogen-bond donors (Lipinski definition) is 2. The van der Waals surface area contributed by atoms with Crippen LogP contribution in [0.1, 0.15) is 46.5 Å². The SMILES string of the molecule is CC(C)(C)OC(=O)N1CCC(NC2CCNCC2)CC1. The number of carbonyl (C=O) groups is 1. The largest absolute Gasteiger partial charge is 0.444 e. The summed E-state index contributed by atoms with van der Waals surface area (Å²) in [5.41, 5.74) is -0.402. The van der Waals surface area contributed by atoms with Gasteiger partial charge in [0, 0.05) is 25.2 Å². The van der Waals surface area contributed by atoms with Gasteiger partial charge in [-0.15, -0.1) is 0 Å². The van der Waals surface area contributed by atoms with E-state index in [1.165, 1.54) is 12.8 Å². The van der Waals surface area contributed by atoms with Crippen LogP contribution in [0.2, 0.25) is 0 Å². The Hall–Kier alpha value is -0.810. The van der Waals surface area contributed by atoms with Crippen molar-refractivity contribution in [1.82, 2.24) is 15.5 Å². The maximum Gasteiger partial charge on any atom is 0.410 e. The van der Waals surface area contributed by atoms with E-state index in [0.29, 0.717) is 12.1 Å². The van der Waals surface area contributed by atoms with Gasteiger partial charge in [0.15, 0.2) is 0 Å². The number of amides is 1. The van der Waals surface area contributed by atoms with Gasteiger partial charge in [0.1, 0.15) is 5.60 Å². The van der Waals surface area contributed by atoms with E-state index in [9.17, 15) is 4.79 Å². The van der Waals surface area contributed by atoms with Crippen molar-refractivity contribution in [2.24, 2.45) is 0 Å². The van der Waals surface area contributed by atoms with E-state index >= 15 is 0 Å². The molecule has 0 spiro atoms. The minimum atomic E-state index is -0.402. The zero-order valence-corrected chi connectivity index (χ0v) is 13.1. The molecule has 0 bridgehead atoms. The lowest BCUT2D eigenvalue weighted by atomic mass is 10.0. The highest BCUT2D eigenvalue weighted by Crippen LogP contribution is 2.16. The molecule has 0 unspecified atom stereocenters. The van der Waals surface area contributed by atoms with Crippen LogP contribution in [-0.2, 0) is 4.74 Å². The first-order valence-corrected chi connectivity index (χ1v) is 7.89. The molecule has 2 fully saturated rings. The molecular weight excluding hydrogens is 254 g/mol. The van der Waals surface area contributed by atoms with Crippen LogP contribution in [0.3, 0.4) is 0 Å². The maximum absolute atomic E-state index is 12.0. The topological polar surface area (TPSA) is 53.6 Å². The smallest absolute Gasteiger partial charge is 0.410 e. The van der Waals surface area contributed by atoms with E-state index in [0.717, 1.165) is 39.0 Å². The Kier molecular flexibility index (Phi) is 5.27. The predicted octanol–water partition coefficient (Wildman–Crippen LogP) is 1.73.